The summed E-state index contributed by atoms with van der Waals surface area (Å²) in [5, 5.41) is 36.9. The van der Waals surface area contributed by atoms with Crippen LogP contribution in [0.1, 0.15) is 72.6 Å². The number of Topliss-reactive ketones (excluding diaryl/α,β-unsaturated/α-hetero) is 1. The molecule has 2 amide bonds. The van der Waals surface area contributed by atoms with E-state index < -0.39 is 71.8 Å². The van der Waals surface area contributed by atoms with E-state index in [4.69, 9.17) is 35.2 Å². The number of ether oxygens (including phenoxy) is 5. The molecule has 3 saturated heterocycles. The van der Waals surface area contributed by atoms with Gasteiger partial charge in [-0.3, -0.25) is 19.4 Å². The highest BCUT2D eigenvalue weighted by Gasteiger charge is 2.56. The molecule has 9 N–H and O–H groups in total. The predicted octanol–water partition coefficient (Wildman–Crippen LogP) is 0.526. The maximum atomic E-state index is 13.4. The fourth-order valence-electron chi connectivity index (χ4n) is 6.49. The average molecular weight is 752 g/mol. The minimum absolute atomic E-state index is 0.00522. The number of aliphatic hydroxyl groups excluding tert-OH is 2. The summed E-state index contributed by atoms with van der Waals surface area (Å²) in [5.41, 5.74) is 10.4. The van der Waals surface area contributed by atoms with E-state index in [-0.39, 0.29) is 62.8 Å². The number of aliphatic hydroxyl groups is 2. The number of methoxy groups -OCH3 is 1. The predicted molar refractivity (Wildman–Crippen MR) is 192 cm³/mol. The number of aliphatic imine (C=N–C) groups is 1. The van der Waals surface area contributed by atoms with Gasteiger partial charge in [0.15, 0.2) is 18.3 Å². The highest BCUT2D eigenvalue weighted by molar-refractivity contribution is 5.91. The summed E-state index contributed by atoms with van der Waals surface area (Å²) in [7, 11) is 1.34. The summed E-state index contributed by atoms with van der Waals surface area (Å²) in [6.07, 6.45) is 0.986. The Kier molecular flexibility index (Phi) is 16.1. The van der Waals surface area contributed by atoms with Crippen LogP contribution in [0.4, 0.5) is 0 Å². The number of guanidine groups is 1. The van der Waals surface area contributed by atoms with Crippen molar-refractivity contribution in [2.24, 2.45) is 27.8 Å². The molecule has 3 heterocycles. The number of rotatable bonds is 18. The third-order valence-electron chi connectivity index (χ3n) is 10.2. The van der Waals surface area contributed by atoms with Gasteiger partial charge in [-0.15, -0.1) is 0 Å². The van der Waals surface area contributed by atoms with E-state index in [0.29, 0.717) is 19.3 Å². The summed E-state index contributed by atoms with van der Waals surface area (Å²) in [4.78, 5) is 53.9. The van der Waals surface area contributed by atoms with Crippen molar-refractivity contribution in [3.63, 3.8) is 0 Å². The lowest BCUT2D eigenvalue weighted by Gasteiger charge is -2.53. The zero-order chi connectivity index (χ0) is 39.5. The van der Waals surface area contributed by atoms with E-state index in [0.717, 1.165) is 5.57 Å². The second kappa shape index (κ2) is 19.6. The molecule has 0 aliphatic carbocycles. The van der Waals surface area contributed by atoms with Gasteiger partial charge in [0.1, 0.15) is 30.8 Å². The van der Waals surface area contributed by atoms with E-state index in [1.54, 1.807) is 26.0 Å². The van der Waals surface area contributed by atoms with Crippen molar-refractivity contribution in [1.82, 2.24) is 10.6 Å². The van der Waals surface area contributed by atoms with Crippen molar-refractivity contribution in [1.29, 1.82) is 0 Å². The Morgan fingerprint density at radius 1 is 1.13 bits per heavy atom. The van der Waals surface area contributed by atoms with Crippen LogP contribution in [0.5, 0.6) is 0 Å². The molecule has 0 saturated carbocycles. The van der Waals surface area contributed by atoms with Crippen LogP contribution >= 0.6 is 0 Å². The first-order valence-corrected chi connectivity index (χ1v) is 17.8. The number of carbonyl (C=O) groups is 4. The first-order valence-electron chi connectivity index (χ1n) is 17.8. The van der Waals surface area contributed by atoms with Crippen LogP contribution in [0.3, 0.4) is 0 Å². The monoisotopic (exact) mass is 751 g/mol. The molecular weight excluding hydrogens is 694 g/mol. The Labute approximate surface area is 310 Å². The number of nitrogens with one attached hydrogen (secondary N) is 2. The van der Waals surface area contributed by atoms with E-state index in [9.17, 15) is 34.5 Å². The molecule has 0 radical (unpaired) electrons. The minimum atomic E-state index is -1.75. The number of allylic oxidation sites excluding steroid dienone is 3. The van der Waals surface area contributed by atoms with E-state index in [2.05, 4.69) is 22.2 Å². The summed E-state index contributed by atoms with van der Waals surface area (Å²) < 4.78 is 29.2. The summed E-state index contributed by atoms with van der Waals surface area (Å²) in [6, 6.07) is -1.09. The smallest absolute Gasteiger partial charge is 0.326 e. The molecule has 0 aromatic heterocycles. The van der Waals surface area contributed by atoms with Crippen LogP contribution in [0.2, 0.25) is 0 Å². The highest BCUT2D eigenvalue weighted by Crippen LogP contribution is 2.42. The molecule has 53 heavy (non-hydrogen) atoms. The van der Waals surface area contributed by atoms with Crippen molar-refractivity contribution in [3.8, 4) is 0 Å². The molecule has 0 bridgehead atoms. The Morgan fingerprint density at radius 2 is 1.85 bits per heavy atom. The van der Waals surface area contributed by atoms with Gasteiger partial charge in [0, 0.05) is 50.3 Å². The van der Waals surface area contributed by atoms with Crippen LogP contribution < -0.4 is 22.1 Å². The van der Waals surface area contributed by atoms with Gasteiger partial charge in [-0.25, -0.2) is 4.79 Å². The van der Waals surface area contributed by atoms with Gasteiger partial charge >= 0.3 is 5.97 Å². The van der Waals surface area contributed by atoms with Crippen LogP contribution in [-0.4, -0.2) is 120 Å². The Morgan fingerprint density at radius 3 is 2.49 bits per heavy atom. The molecule has 0 spiro atoms. The molecule has 3 aliphatic heterocycles. The molecule has 10 atom stereocenters. The fraction of sp³-hybridized carbons (Fsp3) is 0.694. The zero-order valence-corrected chi connectivity index (χ0v) is 31.2. The van der Waals surface area contributed by atoms with E-state index in [1.807, 2.05) is 13.8 Å². The van der Waals surface area contributed by atoms with Gasteiger partial charge in [-0.2, -0.15) is 0 Å². The Bertz CT molecular complexity index is 1400. The highest BCUT2D eigenvalue weighted by atomic mass is 16.7. The van der Waals surface area contributed by atoms with Crippen molar-refractivity contribution in [2.75, 3.05) is 20.4 Å². The number of unbranched alkanes of at least 4 members (excludes halogenated alkanes) is 1. The summed E-state index contributed by atoms with van der Waals surface area (Å²) in [5.74, 6) is -4.45. The maximum absolute atomic E-state index is 13.4. The number of fused-ring (bicyclic) bond motifs is 1. The molecule has 10 unspecified atom stereocenters. The molecule has 0 aromatic carbocycles. The van der Waals surface area contributed by atoms with E-state index >= 15 is 0 Å². The first-order chi connectivity index (χ1) is 24.9. The molecular formula is C36H57N5O12. The van der Waals surface area contributed by atoms with Crippen molar-refractivity contribution < 1.29 is 58.2 Å². The molecule has 3 aliphatic rings. The van der Waals surface area contributed by atoms with Crippen LogP contribution in [0.15, 0.2) is 41.4 Å². The van der Waals surface area contributed by atoms with E-state index in [1.165, 1.54) is 19.3 Å². The Hall–Kier alpha value is -3.71. The third-order valence-corrected chi connectivity index (χ3v) is 10.2. The lowest BCUT2D eigenvalue weighted by atomic mass is 9.72. The number of aliphatic carboxylic acids is 1. The zero-order valence-electron chi connectivity index (χ0n) is 31.2. The average Bonchev–Trinajstić information content (AvgIpc) is 3.09. The molecule has 298 valence electrons. The number of nitrogens with two attached hydrogens (primary N) is 2. The lowest BCUT2D eigenvalue weighted by molar-refractivity contribution is -0.327. The molecule has 17 nitrogen and oxygen atoms in total. The van der Waals surface area contributed by atoms with Crippen LogP contribution in [0.25, 0.3) is 0 Å². The Balaban J connectivity index is 1.51. The van der Waals surface area contributed by atoms with Gasteiger partial charge in [-0.05, 0) is 32.6 Å². The standard InChI is InChI=1S/C36H57N5O12/c1-20-18-36(49-6,53-22(3)21(20)2)30(45)31(46)41-32-28-27(50-19-51-32)29(44)35(4,5)25(52-28)17-23(42)13-10-8-7-9-11-15-26(43)40-24(33(47)48)14-12-16-39-34(37)38/h7,9,11,15,21-22,24-25,27-30,32,44-45H,1,8,10,12-14,16-19H2,2-6H3,(H,40,43)(H,41,46)(H,47,48)(H4,37,38,39). The van der Waals surface area contributed by atoms with Crippen molar-refractivity contribution in [3.05, 3.63) is 36.5 Å². The number of carboxylic acid groups (broad SMARTS) is 1. The van der Waals surface area contributed by atoms with Gasteiger partial charge in [0.2, 0.25) is 11.7 Å². The largest absolute Gasteiger partial charge is 0.480 e. The number of carbonyl (C=O) groups excluding carboxylic acids is 3. The van der Waals surface area contributed by atoms with Crippen LogP contribution in [-0.2, 0) is 42.9 Å². The van der Waals surface area contributed by atoms with Crippen molar-refractivity contribution >= 4 is 29.5 Å². The third kappa shape index (κ3) is 11.6. The number of hydrogen-bond acceptors (Lipinski definition) is 12. The first kappa shape index (κ1) is 43.7. The molecule has 17 heteroatoms. The number of carboxylic acids is 1. The maximum Gasteiger partial charge on any atom is 0.326 e. The van der Waals surface area contributed by atoms with Gasteiger partial charge < -0.3 is 61.1 Å². The second-order valence-electron chi connectivity index (χ2n) is 14.3. The van der Waals surface area contributed by atoms with Crippen molar-refractivity contribution in [2.45, 2.75) is 127 Å². The quantitative estimate of drug-likeness (QED) is 0.0252. The van der Waals surface area contributed by atoms with Gasteiger partial charge in [0.05, 0.1) is 18.3 Å². The topological polar surface area (TPSA) is 264 Å². The number of ketones is 1. The summed E-state index contributed by atoms with van der Waals surface area (Å²) in [6.45, 7) is 11.3. The van der Waals surface area contributed by atoms with Gasteiger partial charge in [0.25, 0.3) is 5.91 Å². The van der Waals surface area contributed by atoms with Gasteiger partial charge in [-0.1, -0.05) is 51.2 Å². The second-order valence-corrected chi connectivity index (χ2v) is 14.3. The SMILES string of the molecule is C=C1CC(OC)(C(O)C(=O)NC2OCOC3C2OC(CC(=O)CCCC=CC=CC(=O)NC(CCCN=C(N)N)C(=O)O)C(C)(C)C3O)OC(C)C1C. The molecule has 3 fully saturated rings. The number of amides is 2. The summed E-state index contributed by atoms with van der Waals surface area (Å²) >= 11 is 0. The molecule has 3 rings (SSSR count). The molecule has 0 aromatic rings. The lowest BCUT2D eigenvalue weighted by Crippen LogP contribution is -2.69. The minimum Gasteiger partial charge on any atom is -0.480 e. The number of nitrogens with zero attached hydrogens (tertiary/aromatic N) is 1. The van der Waals surface area contributed by atoms with Crippen LogP contribution in [0, 0.1) is 11.3 Å². The number of hydrogen-bond donors (Lipinski definition) is 7. The normalized spacial score (nSPS) is 31.0. The fourth-order valence-corrected chi connectivity index (χ4v) is 6.49.